The fourth-order valence-corrected chi connectivity index (χ4v) is 8.70. The lowest BCUT2D eigenvalue weighted by atomic mass is 9.41. The quantitative estimate of drug-likeness (QED) is 0.242. The lowest BCUT2D eigenvalue weighted by Gasteiger charge is -2.65. The van der Waals surface area contributed by atoms with E-state index in [2.05, 4.69) is 30.1 Å². The largest absolute Gasteiger partial charge is 0.490 e. The molecule has 0 saturated heterocycles. The average molecular weight is 476 g/mol. The molecule has 7 nitrogen and oxygen atoms in total. The maximum atomic E-state index is 12.4. The summed E-state index contributed by atoms with van der Waals surface area (Å²) in [6, 6.07) is 0. The van der Waals surface area contributed by atoms with Crippen LogP contribution in [0, 0.1) is 28.6 Å². The van der Waals surface area contributed by atoms with Crippen molar-refractivity contribution in [3.63, 3.8) is 0 Å². The zero-order valence-corrected chi connectivity index (χ0v) is 20.2. The number of aliphatic hydroxyl groups is 3. The van der Waals surface area contributed by atoms with E-state index in [-0.39, 0.29) is 28.3 Å². The molecule has 4 fully saturated rings. The molecule has 0 bridgehead atoms. The Labute approximate surface area is 201 Å². The summed E-state index contributed by atoms with van der Waals surface area (Å²) in [5.74, 6) is 1.11. The van der Waals surface area contributed by atoms with E-state index in [4.69, 9.17) is 22.7 Å². The van der Waals surface area contributed by atoms with Gasteiger partial charge >= 0.3 is 0 Å². The topological polar surface area (TPSA) is 120 Å². The van der Waals surface area contributed by atoms with Gasteiger partial charge in [-0.1, -0.05) is 13.5 Å². The predicted molar refractivity (Wildman–Crippen MR) is 130 cm³/mol. The van der Waals surface area contributed by atoms with Crippen LogP contribution >= 0.6 is 12.2 Å². The third-order valence-corrected chi connectivity index (χ3v) is 10.3. The molecule has 5 rings (SSSR count). The summed E-state index contributed by atoms with van der Waals surface area (Å²) in [6.07, 6.45) is 9.65. The van der Waals surface area contributed by atoms with Gasteiger partial charge in [0, 0.05) is 23.5 Å². The number of nitrogens with one attached hydrogen (secondary N) is 1. The van der Waals surface area contributed by atoms with Crippen molar-refractivity contribution >= 4 is 23.5 Å². The molecule has 4 aliphatic carbocycles. The zero-order valence-electron chi connectivity index (χ0n) is 19.4. The van der Waals surface area contributed by atoms with Gasteiger partial charge in [0.15, 0.2) is 5.11 Å². The molecule has 0 spiro atoms. The smallest absolute Gasteiger partial charge is 0.184 e. The molecule has 0 aromatic heterocycles. The normalized spacial score (nSPS) is 49.1. The summed E-state index contributed by atoms with van der Waals surface area (Å²) in [7, 11) is 0. The fraction of sp³-hybridized carbons (Fsp3) is 0.760. The van der Waals surface area contributed by atoms with Crippen molar-refractivity contribution < 1.29 is 20.1 Å². The van der Waals surface area contributed by atoms with Crippen LogP contribution in [0.25, 0.3) is 0 Å². The summed E-state index contributed by atoms with van der Waals surface area (Å²) in [5.41, 5.74) is 6.76. The van der Waals surface area contributed by atoms with E-state index >= 15 is 0 Å². The monoisotopic (exact) mass is 475 g/mol. The van der Waals surface area contributed by atoms with Crippen LogP contribution in [0.2, 0.25) is 0 Å². The Bertz CT molecular complexity index is 923. The van der Waals surface area contributed by atoms with Crippen molar-refractivity contribution in [3.05, 3.63) is 24.0 Å². The first-order valence-electron chi connectivity index (χ1n) is 12.3. The number of hydrazone groups is 1. The van der Waals surface area contributed by atoms with Gasteiger partial charge in [-0.2, -0.15) is 5.10 Å². The number of fused-ring (bicyclic) bond motifs is 5. The van der Waals surface area contributed by atoms with E-state index in [0.717, 1.165) is 32.1 Å². The summed E-state index contributed by atoms with van der Waals surface area (Å²) in [4.78, 5) is 0. The third-order valence-electron chi connectivity index (χ3n) is 10.2. The van der Waals surface area contributed by atoms with Gasteiger partial charge in [0.05, 0.1) is 17.3 Å². The molecular weight excluding hydrogens is 438 g/mol. The van der Waals surface area contributed by atoms with Crippen molar-refractivity contribution in [1.29, 1.82) is 0 Å². The number of aliphatic hydroxyl groups excluding tert-OH is 1. The maximum Gasteiger partial charge on any atom is 0.184 e. The number of hydrogen-bond acceptors (Lipinski definition) is 6. The SMILES string of the molecule is C=C1C=C(C2CCC3(O)[C@@H]4CCC5(O)C[C@H](O)CCC5(/C=N/NC(N)=S)[C@H]4CCC23C)CO1. The second-order valence-electron chi connectivity index (χ2n) is 11.4. The molecule has 6 N–H and O–H groups in total. The Morgan fingerprint density at radius 1 is 1.21 bits per heavy atom. The first kappa shape index (κ1) is 23.3. The zero-order chi connectivity index (χ0) is 23.6. The Morgan fingerprint density at radius 2 is 1.97 bits per heavy atom. The van der Waals surface area contributed by atoms with E-state index in [1.807, 2.05) is 6.21 Å². The Morgan fingerprint density at radius 3 is 2.67 bits per heavy atom. The fourth-order valence-electron chi connectivity index (χ4n) is 8.65. The van der Waals surface area contributed by atoms with Crippen molar-refractivity contribution in [2.45, 2.75) is 82.0 Å². The van der Waals surface area contributed by atoms with Crippen LogP contribution < -0.4 is 11.2 Å². The number of ether oxygens (including phenoxy) is 1. The lowest BCUT2D eigenvalue weighted by Crippen LogP contribution is -2.68. The van der Waals surface area contributed by atoms with Gasteiger partial charge in [0.25, 0.3) is 0 Å². The molecule has 4 saturated carbocycles. The van der Waals surface area contributed by atoms with Gasteiger partial charge in [-0.25, -0.2) is 0 Å². The summed E-state index contributed by atoms with van der Waals surface area (Å²) < 4.78 is 5.65. The highest BCUT2D eigenvalue weighted by Gasteiger charge is 2.71. The lowest BCUT2D eigenvalue weighted by molar-refractivity contribution is -0.237. The van der Waals surface area contributed by atoms with Crippen molar-refractivity contribution in [1.82, 2.24) is 5.43 Å². The van der Waals surface area contributed by atoms with Gasteiger partial charge in [0.2, 0.25) is 0 Å². The molecule has 33 heavy (non-hydrogen) atoms. The van der Waals surface area contributed by atoms with Gasteiger partial charge in [-0.05, 0) is 93.0 Å². The van der Waals surface area contributed by atoms with Crippen LogP contribution in [0.15, 0.2) is 29.1 Å². The van der Waals surface area contributed by atoms with Crippen LogP contribution in [0.4, 0.5) is 0 Å². The highest BCUT2D eigenvalue weighted by molar-refractivity contribution is 7.80. The molecule has 0 radical (unpaired) electrons. The minimum absolute atomic E-state index is 0.0548. The standard InChI is InChI=1S/C25H37N3O4S/c1-15-11-16(13-32-15)18-6-10-25(31)20-5-9-24(30)12-17(29)3-8-23(24,14-27-28-21(26)33)19(20)4-7-22(18,25)2/h11,14,17-20,29-31H,1,3-10,12-13H2,2H3,(H3,26,28,33)/b27-14+/t17-,18?,19+,20-,22?,23?,24?,25?/m1/s1. The van der Waals surface area contributed by atoms with Crippen LogP contribution in [0.5, 0.6) is 0 Å². The third kappa shape index (κ3) is 3.24. The van der Waals surface area contributed by atoms with E-state index in [9.17, 15) is 15.3 Å². The number of nitrogens with zero attached hydrogens (tertiary/aromatic N) is 1. The van der Waals surface area contributed by atoms with E-state index in [1.54, 1.807) is 0 Å². The first-order valence-corrected chi connectivity index (χ1v) is 12.7. The van der Waals surface area contributed by atoms with Crippen LogP contribution in [-0.4, -0.2) is 50.6 Å². The van der Waals surface area contributed by atoms with Crippen LogP contribution in [-0.2, 0) is 4.74 Å². The van der Waals surface area contributed by atoms with Crippen molar-refractivity contribution in [3.8, 4) is 0 Å². The number of hydrogen-bond donors (Lipinski definition) is 5. The molecular formula is C25H37N3O4S. The maximum absolute atomic E-state index is 12.4. The van der Waals surface area contributed by atoms with Gasteiger partial charge in [-0.3, -0.25) is 5.43 Å². The Kier molecular flexibility index (Phi) is 5.48. The van der Waals surface area contributed by atoms with Gasteiger partial charge < -0.3 is 25.8 Å². The molecule has 8 atom stereocenters. The van der Waals surface area contributed by atoms with Crippen molar-refractivity contribution in [2.24, 2.45) is 39.4 Å². The first-order chi connectivity index (χ1) is 15.5. The Balaban J connectivity index is 1.52. The molecule has 0 aromatic rings. The summed E-state index contributed by atoms with van der Waals surface area (Å²) in [6.45, 7) is 6.77. The number of thiocarbonyl (C=S) groups is 1. The molecule has 1 aliphatic heterocycles. The predicted octanol–water partition coefficient (Wildman–Crippen LogP) is 2.51. The molecule has 182 valence electrons. The number of nitrogens with two attached hydrogens (primary N) is 1. The molecule has 5 unspecified atom stereocenters. The molecule has 1 heterocycles. The summed E-state index contributed by atoms with van der Waals surface area (Å²) in [5, 5.41) is 39.1. The number of rotatable bonds is 3. The summed E-state index contributed by atoms with van der Waals surface area (Å²) >= 11 is 4.92. The van der Waals surface area contributed by atoms with Gasteiger partial charge in [0.1, 0.15) is 12.4 Å². The van der Waals surface area contributed by atoms with E-state index in [1.165, 1.54) is 5.57 Å². The molecule has 8 heteroatoms. The second-order valence-corrected chi connectivity index (χ2v) is 11.8. The van der Waals surface area contributed by atoms with Crippen LogP contribution in [0.3, 0.4) is 0 Å². The highest BCUT2D eigenvalue weighted by atomic mass is 32.1. The number of allylic oxidation sites excluding steroid dienone is 1. The van der Waals surface area contributed by atoms with Crippen molar-refractivity contribution in [2.75, 3.05) is 6.61 Å². The van der Waals surface area contributed by atoms with Crippen LogP contribution in [0.1, 0.15) is 64.7 Å². The molecule has 0 amide bonds. The highest BCUT2D eigenvalue weighted by Crippen LogP contribution is 2.70. The van der Waals surface area contributed by atoms with Gasteiger partial charge in [-0.15, -0.1) is 0 Å². The van der Waals surface area contributed by atoms with E-state index < -0.39 is 22.7 Å². The minimum atomic E-state index is -1.06. The molecule has 5 aliphatic rings. The Hall–Kier alpha value is -1.48. The van der Waals surface area contributed by atoms with E-state index in [0.29, 0.717) is 38.0 Å². The second kappa shape index (κ2) is 7.77. The molecule has 0 aromatic carbocycles. The minimum Gasteiger partial charge on any atom is -0.490 e. The average Bonchev–Trinajstić information content (AvgIpc) is 3.28.